The van der Waals surface area contributed by atoms with Gasteiger partial charge in [0.15, 0.2) is 5.11 Å². The summed E-state index contributed by atoms with van der Waals surface area (Å²) in [6.07, 6.45) is -0.0597. The van der Waals surface area contributed by atoms with E-state index in [-0.39, 0.29) is 17.1 Å². The molecule has 130 valence electrons. The fraction of sp³-hybridized carbons (Fsp3) is 0.167. The van der Waals surface area contributed by atoms with Gasteiger partial charge in [-0.3, -0.25) is 14.9 Å². The number of rotatable bonds is 5. The van der Waals surface area contributed by atoms with E-state index in [0.717, 1.165) is 0 Å². The lowest BCUT2D eigenvalue weighted by molar-refractivity contribution is 0.0969. The zero-order valence-electron chi connectivity index (χ0n) is 13.9. The van der Waals surface area contributed by atoms with Crippen LogP contribution in [-0.4, -0.2) is 23.0 Å². The van der Waals surface area contributed by atoms with Gasteiger partial charge in [0.1, 0.15) is 5.75 Å². The van der Waals surface area contributed by atoms with Crippen LogP contribution in [0.2, 0.25) is 0 Å². The summed E-state index contributed by atoms with van der Waals surface area (Å²) in [6, 6.07) is 13.4. The minimum atomic E-state index is -0.543. The monoisotopic (exact) mass is 357 g/mol. The molecule has 0 aliphatic heterocycles. The third-order valence-corrected chi connectivity index (χ3v) is 3.33. The molecule has 0 aromatic heterocycles. The standard InChI is InChI=1S/C18H19N3O3S/c1-11(2)24-15-9-4-3-8-14(15)17(23)21-18(25)20-13-7-5-6-12(10-13)16(19)22/h3-11H,1-2H3,(H2,19,22)(H2,20,21,23,25). The van der Waals surface area contributed by atoms with Crippen molar-refractivity contribution in [2.45, 2.75) is 20.0 Å². The largest absolute Gasteiger partial charge is 0.490 e. The van der Waals surface area contributed by atoms with Crippen LogP contribution in [0.4, 0.5) is 5.69 Å². The maximum absolute atomic E-state index is 12.4. The van der Waals surface area contributed by atoms with E-state index in [9.17, 15) is 9.59 Å². The van der Waals surface area contributed by atoms with Crippen molar-refractivity contribution in [1.29, 1.82) is 0 Å². The van der Waals surface area contributed by atoms with Gasteiger partial charge in [0, 0.05) is 11.3 Å². The fourth-order valence-corrected chi connectivity index (χ4v) is 2.30. The predicted molar refractivity (Wildman–Crippen MR) is 101 cm³/mol. The van der Waals surface area contributed by atoms with Crippen molar-refractivity contribution >= 4 is 34.8 Å². The Hall–Kier alpha value is -2.93. The van der Waals surface area contributed by atoms with E-state index < -0.39 is 5.91 Å². The van der Waals surface area contributed by atoms with Gasteiger partial charge in [-0.2, -0.15) is 0 Å². The summed E-state index contributed by atoms with van der Waals surface area (Å²) in [6.45, 7) is 3.76. The van der Waals surface area contributed by atoms with E-state index in [4.69, 9.17) is 22.7 Å². The summed E-state index contributed by atoms with van der Waals surface area (Å²) in [5.74, 6) is -0.452. The Morgan fingerprint density at radius 2 is 1.84 bits per heavy atom. The van der Waals surface area contributed by atoms with Crippen molar-refractivity contribution in [1.82, 2.24) is 5.32 Å². The van der Waals surface area contributed by atoms with Crippen LogP contribution in [0.15, 0.2) is 48.5 Å². The second-order valence-electron chi connectivity index (χ2n) is 5.52. The Morgan fingerprint density at radius 3 is 2.52 bits per heavy atom. The Bertz CT molecular complexity index is 806. The zero-order chi connectivity index (χ0) is 18.4. The molecule has 0 spiro atoms. The lowest BCUT2D eigenvalue weighted by Gasteiger charge is -2.15. The first kappa shape index (κ1) is 18.4. The highest BCUT2D eigenvalue weighted by atomic mass is 32.1. The molecule has 2 amide bonds. The topological polar surface area (TPSA) is 93.4 Å². The number of nitrogens with two attached hydrogens (primary N) is 1. The van der Waals surface area contributed by atoms with Crippen molar-refractivity contribution in [3.63, 3.8) is 0 Å². The van der Waals surface area contributed by atoms with Crippen molar-refractivity contribution in [2.75, 3.05) is 5.32 Å². The molecule has 0 atom stereocenters. The van der Waals surface area contributed by atoms with Gasteiger partial charge in [-0.15, -0.1) is 0 Å². The van der Waals surface area contributed by atoms with Crippen molar-refractivity contribution < 1.29 is 14.3 Å². The number of benzene rings is 2. The molecule has 6 nitrogen and oxygen atoms in total. The fourth-order valence-electron chi connectivity index (χ4n) is 2.09. The van der Waals surface area contributed by atoms with Gasteiger partial charge in [0.2, 0.25) is 5.91 Å². The summed E-state index contributed by atoms with van der Waals surface area (Å²) >= 11 is 5.15. The van der Waals surface area contributed by atoms with Gasteiger partial charge in [0.25, 0.3) is 5.91 Å². The van der Waals surface area contributed by atoms with Crippen LogP contribution in [-0.2, 0) is 0 Å². The van der Waals surface area contributed by atoms with Crippen molar-refractivity contribution in [2.24, 2.45) is 5.73 Å². The average Bonchev–Trinajstić information content (AvgIpc) is 2.54. The molecule has 0 unspecified atom stereocenters. The Labute approximate surface area is 151 Å². The van der Waals surface area contributed by atoms with Crippen LogP contribution in [0.3, 0.4) is 0 Å². The van der Waals surface area contributed by atoms with Crippen molar-refractivity contribution in [3.8, 4) is 5.75 Å². The Morgan fingerprint density at radius 1 is 1.12 bits per heavy atom. The van der Waals surface area contributed by atoms with E-state index in [2.05, 4.69) is 10.6 Å². The van der Waals surface area contributed by atoms with Gasteiger partial charge in [0.05, 0.1) is 11.7 Å². The molecule has 2 aromatic rings. The number of hydrogen-bond donors (Lipinski definition) is 3. The van der Waals surface area contributed by atoms with Gasteiger partial charge >= 0.3 is 0 Å². The zero-order valence-corrected chi connectivity index (χ0v) is 14.7. The minimum Gasteiger partial charge on any atom is -0.490 e. The van der Waals surface area contributed by atoms with Crippen LogP contribution in [0.5, 0.6) is 5.75 Å². The molecule has 2 aromatic carbocycles. The smallest absolute Gasteiger partial charge is 0.261 e. The summed E-state index contributed by atoms with van der Waals surface area (Å²) in [5.41, 5.74) is 6.52. The van der Waals surface area contributed by atoms with Gasteiger partial charge in [-0.1, -0.05) is 18.2 Å². The van der Waals surface area contributed by atoms with Crippen LogP contribution in [0.25, 0.3) is 0 Å². The molecular formula is C18H19N3O3S. The number of hydrogen-bond acceptors (Lipinski definition) is 4. The third kappa shape index (κ3) is 5.29. The van der Waals surface area contributed by atoms with Crippen LogP contribution < -0.4 is 21.1 Å². The molecular weight excluding hydrogens is 338 g/mol. The predicted octanol–water partition coefficient (Wildman–Crippen LogP) is 2.70. The number of para-hydroxylation sites is 1. The molecule has 7 heteroatoms. The quantitative estimate of drug-likeness (QED) is 0.716. The molecule has 0 bridgehead atoms. The molecule has 0 saturated heterocycles. The number of carbonyl (C=O) groups is 2. The highest BCUT2D eigenvalue weighted by molar-refractivity contribution is 7.80. The van der Waals surface area contributed by atoms with Crippen LogP contribution >= 0.6 is 12.2 Å². The third-order valence-electron chi connectivity index (χ3n) is 3.13. The van der Waals surface area contributed by atoms with E-state index in [1.165, 1.54) is 0 Å². The number of thiocarbonyl (C=S) groups is 1. The van der Waals surface area contributed by atoms with E-state index in [0.29, 0.717) is 22.6 Å². The van der Waals surface area contributed by atoms with Crippen molar-refractivity contribution in [3.05, 3.63) is 59.7 Å². The maximum atomic E-state index is 12.4. The molecule has 0 fully saturated rings. The second-order valence-corrected chi connectivity index (χ2v) is 5.92. The molecule has 4 N–H and O–H groups in total. The highest BCUT2D eigenvalue weighted by Crippen LogP contribution is 2.19. The first-order valence-corrected chi connectivity index (χ1v) is 8.05. The highest BCUT2D eigenvalue weighted by Gasteiger charge is 2.14. The number of amides is 2. The first-order valence-electron chi connectivity index (χ1n) is 7.64. The summed E-state index contributed by atoms with van der Waals surface area (Å²) in [7, 11) is 0. The summed E-state index contributed by atoms with van der Waals surface area (Å²) in [5, 5.41) is 5.54. The molecule has 0 radical (unpaired) electrons. The Balaban J connectivity index is 2.07. The summed E-state index contributed by atoms with van der Waals surface area (Å²) < 4.78 is 5.63. The lowest BCUT2D eigenvalue weighted by atomic mass is 10.2. The summed E-state index contributed by atoms with van der Waals surface area (Å²) in [4.78, 5) is 23.6. The second kappa shape index (κ2) is 8.25. The SMILES string of the molecule is CC(C)Oc1ccccc1C(=O)NC(=S)Nc1cccc(C(N)=O)c1. The lowest BCUT2D eigenvalue weighted by Crippen LogP contribution is -2.34. The van der Waals surface area contributed by atoms with Gasteiger partial charge in [-0.05, 0) is 56.4 Å². The van der Waals surface area contributed by atoms with E-state index in [1.807, 2.05) is 13.8 Å². The molecule has 25 heavy (non-hydrogen) atoms. The van der Waals surface area contributed by atoms with E-state index >= 15 is 0 Å². The molecule has 2 rings (SSSR count). The molecule has 0 saturated carbocycles. The number of ether oxygens (including phenoxy) is 1. The number of anilines is 1. The number of carbonyl (C=O) groups excluding carboxylic acids is 2. The number of nitrogens with one attached hydrogen (secondary N) is 2. The number of primary amides is 1. The first-order chi connectivity index (χ1) is 11.9. The molecule has 0 aliphatic rings. The average molecular weight is 357 g/mol. The van der Waals surface area contributed by atoms with Crippen LogP contribution in [0.1, 0.15) is 34.6 Å². The van der Waals surface area contributed by atoms with Gasteiger partial charge in [-0.25, -0.2) is 0 Å². The minimum absolute atomic E-state index is 0.0597. The Kier molecular flexibility index (Phi) is 6.08. The van der Waals surface area contributed by atoms with Crippen LogP contribution in [0, 0.1) is 0 Å². The molecule has 0 heterocycles. The van der Waals surface area contributed by atoms with Gasteiger partial charge < -0.3 is 15.8 Å². The van der Waals surface area contributed by atoms with E-state index in [1.54, 1.807) is 48.5 Å². The normalized spacial score (nSPS) is 10.2. The molecule has 0 aliphatic carbocycles. The maximum Gasteiger partial charge on any atom is 0.261 e.